The normalized spacial score (nSPS) is 14.1. The van der Waals surface area contributed by atoms with Crippen LogP contribution in [0.5, 0.6) is 0 Å². The molecule has 1 heterocycles. The number of aromatic nitrogens is 2. The van der Waals surface area contributed by atoms with Gasteiger partial charge in [-0.3, -0.25) is 4.79 Å². The van der Waals surface area contributed by atoms with E-state index >= 15 is 0 Å². The van der Waals surface area contributed by atoms with Gasteiger partial charge in [-0.1, -0.05) is 35.5 Å². The third-order valence-electron chi connectivity index (χ3n) is 3.56. The molecule has 110 valence electrons. The summed E-state index contributed by atoms with van der Waals surface area (Å²) in [4.78, 5) is 16.1. The van der Waals surface area contributed by atoms with Crippen molar-refractivity contribution < 1.29 is 9.32 Å². The first kappa shape index (κ1) is 13.8. The number of benzene rings is 1. The molecule has 1 N–H and O–H groups in total. The fourth-order valence-corrected chi connectivity index (χ4v) is 2.17. The van der Waals surface area contributed by atoms with Crippen LogP contribution in [0.3, 0.4) is 0 Å². The van der Waals surface area contributed by atoms with Gasteiger partial charge in [-0.15, -0.1) is 0 Å². The Morgan fingerprint density at radius 3 is 2.81 bits per heavy atom. The van der Waals surface area contributed by atoms with E-state index in [2.05, 4.69) is 15.5 Å². The van der Waals surface area contributed by atoms with Crippen LogP contribution in [-0.2, 0) is 17.6 Å². The van der Waals surface area contributed by atoms with Gasteiger partial charge < -0.3 is 9.84 Å². The Morgan fingerprint density at radius 1 is 1.24 bits per heavy atom. The summed E-state index contributed by atoms with van der Waals surface area (Å²) in [5.74, 6) is 1.97. The van der Waals surface area contributed by atoms with Crippen molar-refractivity contribution >= 4 is 5.91 Å². The predicted octanol–water partition coefficient (Wildman–Crippen LogP) is 2.24. The van der Waals surface area contributed by atoms with Crippen molar-refractivity contribution in [3.05, 3.63) is 47.6 Å². The molecule has 0 aliphatic heterocycles. The average Bonchev–Trinajstić information content (AvgIpc) is 3.26. The van der Waals surface area contributed by atoms with Gasteiger partial charge in [-0.25, -0.2) is 0 Å². The van der Waals surface area contributed by atoms with Gasteiger partial charge in [0, 0.05) is 25.3 Å². The highest BCUT2D eigenvalue weighted by atomic mass is 16.5. The molecule has 1 aliphatic carbocycles. The Balaban J connectivity index is 1.35. The standard InChI is InChI=1S/C16H19N3O2/c20-15(9-6-12-4-2-1-3-5-12)17-11-10-14-18-16(21-19-14)13-7-8-13/h1-5,13H,6-11H2,(H,17,20). The summed E-state index contributed by atoms with van der Waals surface area (Å²) in [6.45, 7) is 0.553. The molecule has 0 atom stereocenters. The number of nitrogens with one attached hydrogen (secondary N) is 1. The van der Waals surface area contributed by atoms with Crippen molar-refractivity contribution in [2.45, 2.75) is 38.0 Å². The first-order chi connectivity index (χ1) is 10.3. The summed E-state index contributed by atoms with van der Waals surface area (Å²) in [5, 5.41) is 6.83. The number of rotatable bonds is 7. The molecule has 0 unspecified atom stereocenters. The topological polar surface area (TPSA) is 68.0 Å². The van der Waals surface area contributed by atoms with Crippen molar-refractivity contribution in [2.24, 2.45) is 0 Å². The van der Waals surface area contributed by atoms with Crippen molar-refractivity contribution in [3.63, 3.8) is 0 Å². The zero-order chi connectivity index (χ0) is 14.5. The van der Waals surface area contributed by atoms with Gasteiger partial charge in [0.25, 0.3) is 0 Å². The molecule has 1 aromatic heterocycles. The number of amides is 1. The first-order valence-corrected chi connectivity index (χ1v) is 7.44. The van der Waals surface area contributed by atoms with Crippen molar-refractivity contribution in [3.8, 4) is 0 Å². The van der Waals surface area contributed by atoms with Gasteiger partial charge >= 0.3 is 0 Å². The van der Waals surface area contributed by atoms with Gasteiger partial charge in [0.15, 0.2) is 5.82 Å². The molecule has 5 nitrogen and oxygen atoms in total. The predicted molar refractivity (Wildman–Crippen MR) is 77.7 cm³/mol. The summed E-state index contributed by atoms with van der Waals surface area (Å²) in [6.07, 6.45) is 4.19. The zero-order valence-corrected chi connectivity index (χ0v) is 11.9. The van der Waals surface area contributed by atoms with Crippen LogP contribution in [0.15, 0.2) is 34.9 Å². The molecule has 0 radical (unpaired) electrons. The summed E-state index contributed by atoms with van der Waals surface area (Å²) in [5.41, 5.74) is 1.18. The lowest BCUT2D eigenvalue weighted by atomic mass is 10.1. The van der Waals surface area contributed by atoms with Crippen molar-refractivity contribution in [1.29, 1.82) is 0 Å². The maximum absolute atomic E-state index is 11.8. The van der Waals surface area contributed by atoms with Crippen LogP contribution in [0.25, 0.3) is 0 Å². The van der Waals surface area contributed by atoms with Crippen molar-refractivity contribution in [2.75, 3.05) is 6.54 Å². The Hall–Kier alpha value is -2.17. The molecule has 3 rings (SSSR count). The minimum absolute atomic E-state index is 0.0600. The quantitative estimate of drug-likeness (QED) is 0.847. The van der Waals surface area contributed by atoms with Gasteiger partial charge in [0.1, 0.15) is 0 Å². The monoisotopic (exact) mass is 285 g/mol. The SMILES string of the molecule is O=C(CCc1ccccc1)NCCc1noc(C2CC2)n1. The van der Waals surface area contributed by atoms with E-state index in [9.17, 15) is 4.79 Å². The van der Waals surface area contributed by atoms with E-state index in [1.165, 1.54) is 5.56 Å². The third-order valence-corrected chi connectivity index (χ3v) is 3.56. The highest BCUT2D eigenvalue weighted by Gasteiger charge is 2.29. The van der Waals surface area contributed by atoms with Crippen LogP contribution in [0, 0.1) is 0 Å². The molecule has 1 fully saturated rings. The second-order valence-corrected chi connectivity index (χ2v) is 5.41. The van der Waals surface area contributed by atoms with Crippen LogP contribution in [0.4, 0.5) is 0 Å². The molecular formula is C16H19N3O2. The van der Waals surface area contributed by atoms with Gasteiger partial charge in [-0.05, 0) is 24.8 Å². The lowest BCUT2D eigenvalue weighted by Crippen LogP contribution is -2.26. The number of hydrogen-bond donors (Lipinski definition) is 1. The molecule has 21 heavy (non-hydrogen) atoms. The summed E-state index contributed by atoms with van der Waals surface area (Å²) >= 11 is 0. The Labute approximate surface area is 123 Å². The highest BCUT2D eigenvalue weighted by Crippen LogP contribution is 2.38. The van der Waals surface area contributed by atoms with E-state index in [-0.39, 0.29) is 5.91 Å². The third kappa shape index (κ3) is 4.15. The Morgan fingerprint density at radius 2 is 2.05 bits per heavy atom. The second-order valence-electron chi connectivity index (χ2n) is 5.41. The van der Waals surface area contributed by atoms with Crippen molar-refractivity contribution in [1.82, 2.24) is 15.5 Å². The molecule has 2 aromatic rings. The van der Waals surface area contributed by atoms with E-state index in [0.29, 0.717) is 31.1 Å². The molecule has 1 aliphatic rings. The van der Waals surface area contributed by atoms with Crippen LogP contribution in [-0.4, -0.2) is 22.6 Å². The molecular weight excluding hydrogens is 266 g/mol. The minimum Gasteiger partial charge on any atom is -0.356 e. The number of aryl methyl sites for hydroxylation is 1. The summed E-state index contributed by atoms with van der Waals surface area (Å²) in [7, 11) is 0. The van der Waals surface area contributed by atoms with Crippen LogP contribution < -0.4 is 5.32 Å². The fourth-order valence-electron chi connectivity index (χ4n) is 2.17. The van der Waals surface area contributed by atoms with E-state index in [0.717, 1.165) is 25.2 Å². The number of hydrogen-bond acceptors (Lipinski definition) is 4. The lowest BCUT2D eigenvalue weighted by molar-refractivity contribution is -0.121. The number of nitrogens with zero attached hydrogens (tertiary/aromatic N) is 2. The summed E-state index contributed by atoms with van der Waals surface area (Å²) < 4.78 is 5.18. The van der Waals surface area contributed by atoms with E-state index in [4.69, 9.17) is 4.52 Å². The second kappa shape index (κ2) is 6.52. The van der Waals surface area contributed by atoms with Crippen LogP contribution in [0.2, 0.25) is 0 Å². The molecule has 1 amide bonds. The van der Waals surface area contributed by atoms with E-state index in [1.807, 2.05) is 30.3 Å². The van der Waals surface area contributed by atoms with Gasteiger partial charge in [0.05, 0.1) is 0 Å². The molecule has 1 saturated carbocycles. The molecule has 0 saturated heterocycles. The fraction of sp³-hybridized carbons (Fsp3) is 0.438. The number of carbonyl (C=O) groups is 1. The molecule has 0 spiro atoms. The van der Waals surface area contributed by atoms with E-state index < -0.39 is 0 Å². The Kier molecular flexibility index (Phi) is 4.28. The van der Waals surface area contributed by atoms with E-state index in [1.54, 1.807) is 0 Å². The average molecular weight is 285 g/mol. The highest BCUT2D eigenvalue weighted by molar-refractivity contribution is 5.76. The van der Waals surface area contributed by atoms with Gasteiger partial charge in [-0.2, -0.15) is 4.98 Å². The van der Waals surface area contributed by atoms with Crippen LogP contribution in [0.1, 0.15) is 42.5 Å². The lowest BCUT2D eigenvalue weighted by Gasteiger charge is -2.03. The summed E-state index contributed by atoms with van der Waals surface area (Å²) in [6, 6.07) is 10.0. The van der Waals surface area contributed by atoms with Gasteiger partial charge in [0.2, 0.25) is 11.8 Å². The Bertz CT molecular complexity index is 591. The number of carbonyl (C=O) groups excluding carboxylic acids is 1. The molecule has 1 aromatic carbocycles. The smallest absolute Gasteiger partial charge is 0.229 e. The largest absolute Gasteiger partial charge is 0.356 e. The molecule has 0 bridgehead atoms. The maximum atomic E-state index is 11.8. The maximum Gasteiger partial charge on any atom is 0.229 e. The molecule has 5 heteroatoms. The minimum atomic E-state index is 0.0600. The zero-order valence-electron chi connectivity index (χ0n) is 11.9. The van der Waals surface area contributed by atoms with Crippen LogP contribution >= 0.6 is 0 Å². The first-order valence-electron chi connectivity index (χ1n) is 7.44.